The molecule has 1 aliphatic rings. The summed E-state index contributed by atoms with van der Waals surface area (Å²) in [7, 11) is 0. The van der Waals surface area contributed by atoms with Crippen LogP contribution in [0.15, 0.2) is 4.79 Å². The van der Waals surface area contributed by atoms with E-state index >= 15 is 0 Å². The molecule has 0 aliphatic carbocycles. The Morgan fingerprint density at radius 2 is 2.25 bits per heavy atom. The highest BCUT2D eigenvalue weighted by Gasteiger charge is 2.19. The number of nitrogens with zero attached hydrogens (tertiary/aromatic N) is 3. The van der Waals surface area contributed by atoms with Crippen LogP contribution in [0.1, 0.15) is 18.7 Å². The Balaban J connectivity index is 2.26. The fraction of sp³-hybridized carbons (Fsp3) is 0.667. The Morgan fingerprint density at radius 1 is 1.50 bits per heavy atom. The SMILES string of the molecule is NC(=O)C(N)Cn1nc2n(c1=O)CCCC2. The highest BCUT2D eigenvalue weighted by molar-refractivity contribution is 5.79. The van der Waals surface area contributed by atoms with Gasteiger partial charge in [0, 0.05) is 13.0 Å². The first-order valence-electron chi connectivity index (χ1n) is 5.31. The molecular formula is C9H15N5O2. The van der Waals surface area contributed by atoms with Gasteiger partial charge < -0.3 is 11.5 Å². The second kappa shape index (κ2) is 4.09. The number of primary amides is 1. The molecule has 0 radical (unpaired) electrons. The first-order chi connectivity index (χ1) is 7.59. The molecular weight excluding hydrogens is 210 g/mol. The van der Waals surface area contributed by atoms with Crippen molar-refractivity contribution >= 4 is 5.91 Å². The van der Waals surface area contributed by atoms with E-state index in [0.717, 1.165) is 25.1 Å². The molecule has 2 rings (SSSR count). The molecule has 1 aromatic rings. The third kappa shape index (κ3) is 1.85. The van der Waals surface area contributed by atoms with E-state index in [1.165, 1.54) is 4.68 Å². The predicted molar refractivity (Wildman–Crippen MR) is 56.6 cm³/mol. The largest absolute Gasteiger partial charge is 0.368 e. The molecule has 2 heterocycles. The van der Waals surface area contributed by atoms with Crippen molar-refractivity contribution in [1.82, 2.24) is 14.3 Å². The summed E-state index contributed by atoms with van der Waals surface area (Å²) < 4.78 is 2.87. The molecule has 4 N–H and O–H groups in total. The minimum absolute atomic E-state index is 0.0498. The lowest BCUT2D eigenvalue weighted by Crippen LogP contribution is -2.42. The zero-order valence-electron chi connectivity index (χ0n) is 8.93. The van der Waals surface area contributed by atoms with Crippen molar-refractivity contribution in [3.05, 3.63) is 16.3 Å². The fourth-order valence-electron chi connectivity index (χ4n) is 1.84. The minimum Gasteiger partial charge on any atom is -0.368 e. The van der Waals surface area contributed by atoms with E-state index in [-0.39, 0.29) is 12.2 Å². The Morgan fingerprint density at radius 3 is 2.88 bits per heavy atom. The molecule has 7 heteroatoms. The van der Waals surface area contributed by atoms with Gasteiger partial charge in [-0.05, 0) is 12.8 Å². The molecule has 0 spiro atoms. The van der Waals surface area contributed by atoms with Crippen LogP contribution in [-0.4, -0.2) is 26.3 Å². The topological polar surface area (TPSA) is 109 Å². The van der Waals surface area contributed by atoms with Crippen molar-refractivity contribution in [2.45, 2.75) is 38.4 Å². The van der Waals surface area contributed by atoms with Gasteiger partial charge in [0.25, 0.3) is 0 Å². The summed E-state index contributed by atoms with van der Waals surface area (Å²) >= 11 is 0. The van der Waals surface area contributed by atoms with Crippen LogP contribution in [0, 0.1) is 0 Å². The van der Waals surface area contributed by atoms with Gasteiger partial charge in [-0.15, -0.1) is 0 Å². The number of carbonyl (C=O) groups is 1. The molecule has 1 amide bonds. The summed E-state index contributed by atoms with van der Waals surface area (Å²) in [4.78, 5) is 22.6. The van der Waals surface area contributed by atoms with Crippen LogP contribution in [0.2, 0.25) is 0 Å². The highest BCUT2D eigenvalue weighted by atomic mass is 16.2. The Kier molecular flexibility index (Phi) is 2.78. The third-order valence-corrected chi connectivity index (χ3v) is 2.77. The number of hydrogen-bond acceptors (Lipinski definition) is 4. The van der Waals surface area contributed by atoms with Gasteiger partial charge in [0.2, 0.25) is 5.91 Å². The Hall–Kier alpha value is -1.63. The molecule has 0 fully saturated rings. The highest BCUT2D eigenvalue weighted by Crippen LogP contribution is 2.09. The number of aromatic nitrogens is 3. The zero-order valence-corrected chi connectivity index (χ0v) is 8.93. The summed E-state index contributed by atoms with van der Waals surface area (Å²) in [6, 6.07) is -0.866. The fourth-order valence-corrected chi connectivity index (χ4v) is 1.84. The molecule has 0 saturated heterocycles. The number of carbonyl (C=O) groups excluding carboxylic acids is 1. The van der Waals surface area contributed by atoms with E-state index in [4.69, 9.17) is 11.5 Å². The van der Waals surface area contributed by atoms with Crippen molar-refractivity contribution < 1.29 is 4.79 Å². The molecule has 7 nitrogen and oxygen atoms in total. The van der Waals surface area contributed by atoms with Gasteiger partial charge in [-0.1, -0.05) is 0 Å². The molecule has 0 aromatic carbocycles. The summed E-state index contributed by atoms with van der Waals surface area (Å²) in [6.07, 6.45) is 2.83. The normalized spacial score (nSPS) is 16.8. The number of hydrogen-bond donors (Lipinski definition) is 2. The Labute approximate surface area is 92.0 Å². The maximum atomic E-state index is 11.8. The van der Waals surface area contributed by atoms with Crippen LogP contribution < -0.4 is 17.2 Å². The van der Waals surface area contributed by atoms with Crippen LogP contribution in [0.25, 0.3) is 0 Å². The van der Waals surface area contributed by atoms with E-state index < -0.39 is 11.9 Å². The van der Waals surface area contributed by atoms with Crippen molar-refractivity contribution in [1.29, 1.82) is 0 Å². The molecule has 1 aliphatic heterocycles. The minimum atomic E-state index is -0.866. The van der Waals surface area contributed by atoms with E-state index in [0.29, 0.717) is 6.54 Å². The smallest absolute Gasteiger partial charge is 0.345 e. The monoisotopic (exact) mass is 225 g/mol. The molecule has 1 aromatic heterocycles. The van der Waals surface area contributed by atoms with Crippen LogP contribution in [0.4, 0.5) is 0 Å². The summed E-state index contributed by atoms with van der Waals surface area (Å²) in [5.41, 5.74) is 10.3. The van der Waals surface area contributed by atoms with Gasteiger partial charge in [-0.3, -0.25) is 9.36 Å². The van der Waals surface area contributed by atoms with Crippen molar-refractivity contribution in [3.63, 3.8) is 0 Å². The average molecular weight is 225 g/mol. The van der Waals surface area contributed by atoms with Gasteiger partial charge in [-0.25, -0.2) is 9.48 Å². The van der Waals surface area contributed by atoms with Crippen LogP contribution in [0.5, 0.6) is 0 Å². The molecule has 0 bridgehead atoms. The van der Waals surface area contributed by atoms with E-state index in [2.05, 4.69) is 5.10 Å². The maximum Gasteiger partial charge on any atom is 0.345 e. The third-order valence-electron chi connectivity index (χ3n) is 2.77. The van der Waals surface area contributed by atoms with E-state index in [1.54, 1.807) is 4.57 Å². The van der Waals surface area contributed by atoms with E-state index in [9.17, 15) is 9.59 Å². The molecule has 0 saturated carbocycles. The van der Waals surface area contributed by atoms with Crippen LogP contribution >= 0.6 is 0 Å². The number of nitrogens with two attached hydrogens (primary N) is 2. The second-order valence-corrected chi connectivity index (χ2v) is 4.00. The zero-order chi connectivity index (χ0) is 11.7. The molecule has 88 valence electrons. The number of aryl methyl sites for hydroxylation is 1. The molecule has 16 heavy (non-hydrogen) atoms. The second-order valence-electron chi connectivity index (χ2n) is 4.00. The Bertz CT molecular complexity index is 461. The molecule has 1 atom stereocenters. The van der Waals surface area contributed by atoms with Crippen molar-refractivity contribution in [2.75, 3.05) is 0 Å². The van der Waals surface area contributed by atoms with Gasteiger partial charge >= 0.3 is 5.69 Å². The summed E-state index contributed by atoms with van der Waals surface area (Å²) in [5.74, 6) is 0.144. The van der Waals surface area contributed by atoms with Gasteiger partial charge in [-0.2, -0.15) is 5.10 Å². The lowest BCUT2D eigenvalue weighted by molar-refractivity contribution is -0.119. The van der Waals surface area contributed by atoms with Gasteiger partial charge in [0.1, 0.15) is 11.9 Å². The number of fused-ring (bicyclic) bond motifs is 1. The quantitative estimate of drug-likeness (QED) is 0.632. The first kappa shape index (κ1) is 10.9. The van der Waals surface area contributed by atoms with Gasteiger partial charge in [0.15, 0.2) is 0 Å². The number of amides is 1. The molecule has 1 unspecified atom stereocenters. The van der Waals surface area contributed by atoms with Gasteiger partial charge in [0.05, 0.1) is 6.54 Å². The lowest BCUT2D eigenvalue weighted by atomic mass is 10.2. The standard InChI is InChI=1S/C9H15N5O2/c10-6(8(11)15)5-14-9(16)13-4-2-1-3-7(13)12-14/h6H,1-5,10H2,(H2,11,15). The summed E-state index contributed by atoms with van der Waals surface area (Å²) in [6.45, 7) is 0.744. The predicted octanol–water partition coefficient (Wildman–Crippen LogP) is -1.81. The lowest BCUT2D eigenvalue weighted by Gasteiger charge is -2.09. The average Bonchev–Trinajstić information content (AvgIpc) is 2.56. The number of rotatable bonds is 3. The van der Waals surface area contributed by atoms with Crippen molar-refractivity contribution in [3.8, 4) is 0 Å². The van der Waals surface area contributed by atoms with Crippen molar-refractivity contribution in [2.24, 2.45) is 11.5 Å². The summed E-state index contributed by atoms with van der Waals surface area (Å²) in [5, 5.41) is 4.15. The van der Waals surface area contributed by atoms with Crippen LogP contribution in [0.3, 0.4) is 0 Å². The maximum absolute atomic E-state index is 11.8. The van der Waals surface area contributed by atoms with E-state index in [1.807, 2.05) is 0 Å². The van der Waals surface area contributed by atoms with Crippen LogP contribution in [-0.2, 0) is 24.3 Å². The first-order valence-corrected chi connectivity index (χ1v) is 5.31.